The molecule has 1 aliphatic carbocycles. The third-order valence-corrected chi connectivity index (χ3v) is 5.64. The van der Waals surface area contributed by atoms with Crippen LogP contribution >= 0.6 is 11.6 Å². The summed E-state index contributed by atoms with van der Waals surface area (Å²) >= 11 is 6.06. The van der Waals surface area contributed by atoms with Crippen LogP contribution in [-0.4, -0.2) is 36.9 Å². The maximum Gasteiger partial charge on any atom is 0.258 e. The molecule has 1 fully saturated rings. The highest BCUT2D eigenvalue weighted by molar-refractivity contribution is 6.32. The van der Waals surface area contributed by atoms with E-state index in [-0.39, 0.29) is 18.4 Å². The van der Waals surface area contributed by atoms with E-state index in [1.54, 1.807) is 55.6 Å². The van der Waals surface area contributed by atoms with Crippen molar-refractivity contribution in [3.8, 4) is 5.75 Å². The number of anilines is 1. The largest absolute Gasteiger partial charge is 0.482 e. The summed E-state index contributed by atoms with van der Waals surface area (Å²) < 4.78 is 5.52. The van der Waals surface area contributed by atoms with Crippen LogP contribution in [0.1, 0.15) is 42.5 Å². The third kappa shape index (κ3) is 5.76. The minimum absolute atomic E-state index is 0.242. The summed E-state index contributed by atoms with van der Waals surface area (Å²) in [5.74, 6) is -0.524. The molecule has 164 valence electrons. The van der Waals surface area contributed by atoms with Gasteiger partial charge < -0.3 is 20.7 Å². The highest BCUT2D eigenvalue weighted by atomic mass is 35.5. The number of hydrogen-bond acceptors (Lipinski definition) is 4. The van der Waals surface area contributed by atoms with Crippen LogP contribution in [0.2, 0.25) is 5.02 Å². The Bertz CT molecular complexity index is 957. The first-order valence-electron chi connectivity index (χ1n) is 10.3. The van der Waals surface area contributed by atoms with Crippen LogP contribution in [0.25, 0.3) is 0 Å². The fourth-order valence-corrected chi connectivity index (χ4v) is 3.90. The topological polar surface area (TPSA) is 96.5 Å². The molecule has 0 heterocycles. The Labute approximate surface area is 186 Å². The molecule has 1 saturated carbocycles. The predicted molar refractivity (Wildman–Crippen MR) is 119 cm³/mol. The maximum absolute atomic E-state index is 13.2. The Balaban J connectivity index is 1.69. The van der Waals surface area contributed by atoms with E-state index < -0.39 is 11.4 Å². The molecule has 0 radical (unpaired) electrons. The van der Waals surface area contributed by atoms with Crippen LogP contribution in [-0.2, 0) is 9.59 Å². The van der Waals surface area contributed by atoms with Gasteiger partial charge in [-0.25, -0.2) is 0 Å². The molecule has 31 heavy (non-hydrogen) atoms. The second-order valence-electron chi connectivity index (χ2n) is 7.52. The lowest BCUT2D eigenvalue weighted by Crippen LogP contribution is -2.58. The van der Waals surface area contributed by atoms with Crippen molar-refractivity contribution in [3.63, 3.8) is 0 Å². The molecule has 8 heteroatoms. The number of halogens is 1. The quantitative estimate of drug-likeness (QED) is 0.609. The molecular formula is C23H26ClN3O4. The Morgan fingerprint density at radius 1 is 1.03 bits per heavy atom. The summed E-state index contributed by atoms with van der Waals surface area (Å²) in [6.45, 7) is -0.245. The standard InChI is InChI=1S/C23H26ClN3O4/c1-25-21(29)16-8-7-9-17(14-16)26-22(30)23(12-5-2-6-13-23)27-20(28)15-31-19-11-4-3-10-18(19)24/h3-4,7-11,14H,2,5-6,12-13,15H2,1H3,(H,25,29)(H,26,30)(H,27,28). The number of ether oxygens (including phenoxy) is 1. The van der Waals surface area contributed by atoms with Gasteiger partial charge in [0.2, 0.25) is 5.91 Å². The number of rotatable bonds is 7. The van der Waals surface area contributed by atoms with Gasteiger partial charge in [0, 0.05) is 18.3 Å². The van der Waals surface area contributed by atoms with Gasteiger partial charge in [0.15, 0.2) is 6.61 Å². The molecule has 3 rings (SSSR count). The van der Waals surface area contributed by atoms with Crippen molar-refractivity contribution in [1.29, 1.82) is 0 Å². The Morgan fingerprint density at radius 3 is 2.48 bits per heavy atom. The van der Waals surface area contributed by atoms with E-state index in [0.29, 0.717) is 34.9 Å². The summed E-state index contributed by atoms with van der Waals surface area (Å²) in [6.07, 6.45) is 3.74. The van der Waals surface area contributed by atoms with Crippen LogP contribution in [0.3, 0.4) is 0 Å². The first-order chi connectivity index (χ1) is 14.9. The van der Waals surface area contributed by atoms with Crippen molar-refractivity contribution < 1.29 is 19.1 Å². The zero-order valence-electron chi connectivity index (χ0n) is 17.4. The highest BCUT2D eigenvalue weighted by Crippen LogP contribution is 2.30. The second kappa shape index (κ2) is 10.3. The number of hydrogen-bond donors (Lipinski definition) is 3. The van der Waals surface area contributed by atoms with E-state index in [1.165, 1.54) is 0 Å². The van der Waals surface area contributed by atoms with Gasteiger partial charge in [-0.3, -0.25) is 14.4 Å². The van der Waals surface area contributed by atoms with Gasteiger partial charge in [-0.2, -0.15) is 0 Å². The summed E-state index contributed by atoms with van der Waals surface area (Å²) in [5, 5.41) is 8.73. The van der Waals surface area contributed by atoms with Crippen LogP contribution < -0.4 is 20.7 Å². The van der Waals surface area contributed by atoms with Crippen molar-refractivity contribution in [2.45, 2.75) is 37.6 Å². The van der Waals surface area contributed by atoms with Gasteiger partial charge in [0.05, 0.1) is 5.02 Å². The molecular weight excluding hydrogens is 418 g/mol. The fourth-order valence-electron chi connectivity index (χ4n) is 3.71. The van der Waals surface area contributed by atoms with E-state index >= 15 is 0 Å². The van der Waals surface area contributed by atoms with Crippen LogP contribution in [0.4, 0.5) is 5.69 Å². The average molecular weight is 444 g/mol. The van der Waals surface area contributed by atoms with Gasteiger partial charge in [-0.1, -0.05) is 49.1 Å². The van der Waals surface area contributed by atoms with Crippen molar-refractivity contribution in [2.24, 2.45) is 0 Å². The van der Waals surface area contributed by atoms with Gasteiger partial charge in [-0.05, 0) is 43.2 Å². The first kappa shape index (κ1) is 22.6. The highest BCUT2D eigenvalue weighted by Gasteiger charge is 2.41. The van der Waals surface area contributed by atoms with Crippen molar-refractivity contribution in [1.82, 2.24) is 10.6 Å². The predicted octanol–water partition coefficient (Wildman–Crippen LogP) is 3.54. The average Bonchev–Trinajstić information content (AvgIpc) is 2.78. The summed E-state index contributed by atoms with van der Waals surface area (Å²) in [4.78, 5) is 37.7. The van der Waals surface area contributed by atoms with Crippen LogP contribution in [0, 0.1) is 0 Å². The third-order valence-electron chi connectivity index (χ3n) is 5.33. The molecule has 2 aromatic rings. The molecule has 2 aromatic carbocycles. The number of para-hydroxylation sites is 1. The van der Waals surface area contributed by atoms with Gasteiger partial charge in [0.1, 0.15) is 11.3 Å². The molecule has 0 aliphatic heterocycles. The van der Waals surface area contributed by atoms with E-state index in [4.69, 9.17) is 16.3 Å². The fraction of sp³-hybridized carbons (Fsp3) is 0.348. The van der Waals surface area contributed by atoms with Crippen molar-refractivity contribution in [3.05, 3.63) is 59.1 Å². The summed E-state index contributed by atoms with van der Waals surface area (Å²) in [5.41, 5.74) is -0.0878. The van der Waals surface area contributed by atoms with Gasteiger partial charge >= 0.3 is 0 Å². The normalized spacial score (nSPS) is 14.9. The molecule has 0 spiro atoms. The number of nitrogens with one attached hydrogen (secondary N) is 3. The lowest BCUT2D eigenvalue weighted by Gasteiger charge is -2.36. The zero-order valence-corrected chi connectivity index (χ0v) is 18.1. The molecule has 3 amide bonds. The Morgan fingerprint density at radius 2 is 1.77 bits per heavy atom. The molecule has 0 atom stereocenters. The van der Waals surface area contributed by atoms with E-state index in [9.17, 15) is 14.4 Å². The van der Waals surface area contributed by atoms with Crippen molar-refractivity contribution >= 4 is 35.0 Å². The summed E-state index contributed by atoms with van der Waals surface area (Å²) in [6, 6.07) is 13.6. The maximum atomic E-state index is 13.2. The van der Waals surface area contributed by atoms with E-state index in [2.05, 4.69) is 16.0 Å². The zero-order chi connectivity index (χ0) is 22.3. The molecule has 3 N–H and O–H groups in total. The smallest absolute Gasteiger partial charge is 0.258 e. The monoisotopic (exact) mass is 443 g/mol. The number of benzene rings is 2. The SMILES string of the molecule is CNC(=O)c1cccc(NC(=O)C2(NC(=O)COc3ccccc3Cl)CCCCC2)c1. The van der Waals surface area contributed by atoms with E-state index in [1.807, 2.05) is 0 Å². The lowest BCUT2D eigenvalue weighted by molar-refractivity contribution is -0.132. The molecule has 7 nitrogen and oxygen atoms in total. The Kier molecular flexibility index (Phi) is 7.52. The minimum atomic E-state index is -1.03. The molecule has 1 aliphatic rings. The lowest BCUT2D eigenvalue weighted by atomic mass is 9.80. The summed E-state index contributed by atoms with van der Waals surface area (Å²) in [7, 11) is 1.55. The van der Waals surface area contributed by atoms with Crippen molar-refractivity contribution in [2.75, 3.05) is 19.0 Å². The number of carbonyl (C=O) groups excluding carboxylic acids is 3. The van der Waals surface area contributed by atoms with Crippen LogP contribution in [0.15, 0.2) is 48.5 Å². The molecule has 0 aromatic heterocycles. The molecule has 0 saturated heterocycles. The minimum Gasteiger partial charge on any atom is -0.482 e. The van der Waals surface area contributed by atoms with Crippen LogP contribution in [0.5, 0.6) is 5.75 Å². The Hall–Kier alpha value is -3.06. The van der Waals surface area contributed by atoms with Gasteiger partial charge in [0.25, 0.3) is 11.8 Å². The molecule has 0 bridgehead atoms. The van der Waals surface area contributed by atoms with Gasteiger partial charge in [-0.15, -0.1) is 0 Å². The number of amides is 3. The second-order valence-corrected chi connectivity index (χ2v) is 7.93. The number of carbonyl (C=O) groups is 3. The first-order valence-corrected chi connectivity index (χ1v) is 10.6. The van der Waals surface area contributed by atoms with E-state index in [0.717, 1.165) is 19.3 Å². The molecule has 0 unspecified atom stereocenters.